The molecule has 20 heavy (non-hydrogen) atoms. The first-order valence-corrected chi connectivity index (χ1v) is 7.20. The molecule has 0 aliphatic rings. The highest BCUT2D eigenvalue weighted by Crippen LogP contribution is 2.09. The van der Waals surface area contributed by atoms with Gasteiger partial charge in [0.25, 0.3) is 0 Å². The van der Waals surface area contributed by atoms with E-state index in [0.29, 0.717) is 24.9 Å². The molecule has 0 spiro atoms. The number of carboxylic acid groups (broad SMARTS) is 1. The monoisotopic (exact) mass is 289 g/mol. The smallest absolute Gasteiger partial charge is 0.335 e. The number of hydrogen-bond donors (Lipinski definition) is 2. The molecule has 0 aliphatic heterocycles. The molecule has 0 saturated carbocycles. The quantitative estimate of drug-likeness (QED) is 0.858. The third-order valence-corrected chi connectivity index (χ3v) is 3.64. The first-order chi connectivity index (χ1) is 9.66. The molecular weight excluding hydrogens is 274 g/mol. The average molecular weight is 289 g/mol. The maximum Gasteiger partial charge on any atom is 0.335 e. The van der Waals surface area contributed by atoms with E-state index in [2.05, 4.69) is 5.32 Å². The summed E-state index contributed by atoms with van der Waals surface area (Å²) >= 11 is 1.56. The number of hydrogen-bond acceptors (Lipinski definition) is 3. The Bertz CT molecular complexity index is 593. The third-order valence-electron chi connectivity index (χ3n) is 2.91. The molecule has 0 saturated heterocycles. The predicted molar refractivity (Wildman–Crippen MR) is 78.1 cm³/mol. The maximum absolute atomic E-state index is 11.7. The fourth-order valence-corrected chi connectivity index (χ4v) is 2.59. The highest BCUT2D eigenvalue weighted by Gasteiger charge is 2.09. The average Bonchev–Trinajstić information content (AvgIpc) is 2.92. The first-order valence-electron chi connectivity index (χ1n) is 6.26. The molecule has 0 fully saturated rings. The zero-order valence-electron chi connectivity index (χ0n) is 10.8. The molecule has 1 amide bonds. The van der Waals surface area contributed by atoms with Gasteiger partial charge in [0.15, 0.2) is 0 Å². The van der Waals surface area contributed by atoms with Crippen LogP contribution in [0.2, 0.25) is 0 Å². The molecule has 1 aromatic carbocycles. The molecule has 1 aromatic heterocycles. The second-order valence-electron chi connectivity index (χ2n) is 4.37. The van der Waals surface area contributed by atoms with Crippen LogP contribution in [0.25, 0.3) is 0 Å². The number of carbonyl (C=O) groups is 2. The largest absolute Gasteiger partial charge is 0.478 e. The van der Waals surface area contributed by atoms with Crippen molar-refractivity contribution in [1.29, 1.82) is 0 Å². The number of carboxylic acids is 1. The van der Waals surface area contributed by atoms with Crippen molar-refractivity contribution in [3.8, 4) is 0 Å². The minimum absolute atomic E-state index is 0.0452. The van der Waals surface area contributed by atoms with Gasteiger partial charge in [0.1, 0.15) is 0 Å². The fraction of sp³-hybridized carbons (Fsp3) is 0.200. The van der Waals surface area contributed by atoms with Crippen LogP contribution >= 0.6 is 11.3 Å². The lowest BCUT2D eigenvalue weighted by molar-refractivity contribution is -0.120. The van der Waals surface area contributed by atoms with Crippen molar-refractivity contribution in [1.82, 2.24) is 5.32 Å². The molecule has 2 rings (SSSR count). The Morgan fingerprint density at radius 1 is 1.20 bits per heavy atom. The van der Waals surface area contributed by atoms with Crippen molar-refractivity contribution in [3.05, 3.63) is 57.8 Å². The minimum atomic E-state index is -0.940. The van der Waals surface area contributed by atoms with Crippen molar-refractivity contribution >= 4 is 23.2 Å². The van der Waals surface area contributed by atoms with Gasteiger partial charge in [0, 0.05) is 6.54 Å². The zero-order chi connectivity index (χ0) is 14.4. The molecule has 0 unspecified atom stereocenters. The van der Waals surface area contributed by atoms with E-state index >= 15 is 0 Å². The van der Waals surface area contributed by atoms with Crippen LogP contribution in [0.5, 0.6) is 0 Å². The Morgan fingerprint density at radius 2 is 2.00 bits per heavy atom. The second kappa shape index (κ2) is 6.86. The van der Waals surface area contributed by atoms with Gasteiger partial charge in [-0.05, 0) is 40.4 Å². The first kappa shape index (κ1) is 14.3. The van der Waals surface area contributed by atoms with Crippen LogP contribution in [0.3, 0.4) is 0 Å². The Kier molecular flexibility index (Phi) is 4.90. The minimum Gasteiger partial charge on any atom is -0.478 e. The van der Waals surface area contributed by atoms with Crippen LogP contribution in [0, 0.1) is 0 Å². The number of amides is 1. The predicted octanol–water partition coefficient (Wildman–Crippen LogP) is 2.35. The molecule has 2 N–H and O–H groups in total. The maximum atomic E-state index is 11.7. The van der Waals surface area contributed by atoms with Crippen molar-refractivity contribution in [3.63, 3.8) is 0 Å². The van der Waals surface area contributed by atoms with Crippen molar-refractivity contribution in [2.24, 2.45) is 0 Å². The number of carbonyl (C=O) groups excluding carboxylic acids is 1. The van der Waals surface area contributed by atoms with E-state index in [9.17, 15) is 9.59 Å². The highest BCUT2D eigenvalue weighted by molar-refractivity contribution is 7.07. The van der Waals surface area contributed by atoms with Gasteiger partial charge >= 0.3 is 5.97 Å². The summed E-state index contributed by atoms with van der Waals surface area (Å²) in [6.07, 6.45) is 0.877. The molecule has 4 nitrogen and oxygen atoms in total. The summed E-state index contributed by atoms with van der Waals surface area (Å²) in [5, 5.41) is 15.7. The lowest BCUT2D eigenvalue weighted by Crippen LogP contribution is -2.27. The van der Waals surface area contributed by atoms with E-state index in [1.54, 1.807) is 35.6 Å². The lowest BCUT2D eigenvalue weighted by Gasteiger charge is -2.07. The lowest BCUT2D eigenvalue weighted by atomic mass is 10.0. The molecular formula is C15H15NO3S. The van der Waals surface area contributed by atoms with Crippen LogP contribution in [0.4, 0.5) is 0 Å². The van der Waals surface area contributed by atoms with Crippen LogP contribution in [-0.4, -0.2) is 23.5 Å². The number of aromatic carboxylic acids is 1. The van der Waals surface area contributed by atoms with E-state index < -0.39 is 5.97 Å². The van der Waals surface area contributed by atoms with Gasteiger partial charge in [-0.3, -0.25) is 4.79 Å². The summed E-state index contributed by atoms with van der Waals surface area (Å²) in [4.78, 5) is 22.7. The van der Waals surface area contributed by atoms with Gasteiger partial charge in [-0.1, -0.05) is 18.2 Å². The number of benzene rings is 1. The number of thiophene rings is 1. The summed E-state index contributed by atoms with van der Waals surface area (Å²) in [7, 11) is 0. The van der Waals surface area contributed by atoms with Gasteiger partial charge in [-0.15, -0.1) is 0 Å². The zero-order valence-corrected chi connectivity index (χ0v) is 11.7. The second-order valence-corrected chi connectivity index (χ2v) is 5.15. The Hall–Kier alpha value is -2.14. The summed E-state index contributed by atoms with van der Waals surface area (Å²) < 4.78 is 0. The normalized spacial score (nSPS) is 10.2. The molecule has 5 heteroatoms. The third kappa shape index (κ3) is 3.93. The molecule has 0 bridgehead atoms. The Morgan fingerprint density at radius 3 is 2.70 bits per heavy atom. The molecule has 1 heterocycles. The van der Waals surface area contributed by atoms with Crippen LogP contribution < -0.4 is 5.32 Å². The summed E-state index contributed by atoms with van der Waals surface area (Å²) in [6.45, 7) is 0.438. The molecule has 2 aromatic rings. The van der Waals surface area contributed by atoms with E-state index in [-0.39, 0.29) is 5.91 Å². The van der Waals surface area contributed by atoms with E-state index in [0.717, 1.165) is 11.1 Å². The van der Waals surface area contributed by atoms with Gasteiger partial charge in [0.05, 0.1) is 12.0 Å². The van der Waals surface area contributed by atoms with Crippen molar-refractivity contribution in [2.45, 2.75) is 12.8 Å². The van der Waals surface area contributed by atoms with Crippen molar-refractivity contribution < 1.29 is 14.7 Å². The van der Waals surface area contributed by atoms with Gasteiger partial charge < -0.3 is 10.4 Å². The summed E-state index contributed by atoms with van der Waals surface area (Å²) in [5.41, 5.74) is 2.02. The Balaban J connectivity index is 1.84. The van der Waals surface area contributed by atoms with Gasteiger partial charge in [-0.2, -0.15) is 11.3 Å². The highest BCUT2D eigenvalue weighted by atomic mass is 32.1. The standard InChI is InChI=1S/C15H15NO3S/c17-14(9-11-6-8-20-10-11)16-7-5-12-3-1-2-4-13(12)15(18)19/h1-4,6,8,10H,5,7,9H2,(H,16,17)(H,18,19). The SMILES string of the molecule is O=C(Cc1ccsc1)NCCc1ccccc1C(=O)O. The molecule has 0 radical (unpaired) electrons. The summed E-state index contributed by atoms with van der Waals surface area (Å²) in [6, 6.07) is 8.76. The fourth-order valence-electron chi connectivity index (χ4n) is 1.92. The van der Waals surface area contributed by atoms with E-state index in [1.165, 1.54) is 0 Å². The van der Waals surface area contributed by atoms with Crippen LogP contribution in [-0.2, 0) is 17.6 Å². The Labute approximate surface area is 121 Å². The van der Waals surface area contributed by atoms with Gasteiger partial charge in [0.2, 0.25) is 5.91 Å². The van der Waals surface area contributed by atoms with Crippen molar-refractivity contribution in [2.75, 3.05) is 6.54 Å². The van der Waals surface area contributed by atoms with E-state index in [1.807, 2.05) is 16.8 Å². The molecule has 104 valence electrons. The molecule has 0 atom stereocenters. The summed E-state index contributed by atoms with van der Waals surface area (Å²) in [5.74, 6) is -0.985. The molecule has 0 aliphatic carbocycles. The van der Waals surface area contributed by atoms with E-state index in [4.69, 9.17) is 5.11 Å². The number of rotatable bonds is 6. The van der Waals surface area contributed by atoms with Crippen LogP contribution in [0.1, 0.15) is 21.5 Å². The number of nitrogens with one attached hydrogen (secondary N) is 1. The topological polar surface area (TPSA) is 66.4 Å². The van der Waals surface area contributed by atoms with Crippen LogP contribution in [0.15, 0.2) is 41.1 Å². The van der Waals surface area contributed by atoms with Gasteiger partial charge in [-0.25, -0.2) is 4.79 Å².